The van der Waals surface area contributed by atoms with Gasteiger partial charge < -0.3 is 4.74 Å². The van der Waals surface area contributed by atoms with Crippen LogP contribution >= 0.6 is 0 Å². The van der Waals surface area contributed by atoms with Crippen molar-refractivity contribution in [3.63, 3.8) is 0 Å². The van der Waals surface area contributed by atoms with E-state index in [1.807, 2.05) is 0 Å². The van der Waals surface area contributed by atoms with Crippen molar-refractivity contribution in [1.82, 2.24) is 0 Å². The minimum absolute atomic E-state index is 0.260. The number of hydrogen-bond acceptors (Lipinski definition) is 3. The fraction of sp³-hybridized carbons (Fsp3) is 0.111. The summed E-state index contributed by atoms with van der Waals surface area (Å²) < 4.78 is 61.1. The van der Waals surface area contributed by atoms with Crippen molar-refractivity contribution in [2.75, 3.05) is 0 Å². The zero-order chi connectivity index (χ0) is 12.4. The van der Waals surface area contributed by atoms with Crippen molar-refractivity contribution >= 4 is 9.84 Å². The fourth-order valence-electron chi connectivity index (χ4n) is 0.889. The van der Waals surface area contributed by atoms with Crippen molar-refractivity contribution in [1.29, 1.82) is 0 Å². The molecule has 86 valence electrons. The van der Waals surface area contributed by atoms with Gasteiger partial charge in [0.2, 0.25) is 9.84 Å². The van der Waals surface area contributed by atoms with Gasteiger partial charge in [0.25, 0.3) is 0 Å². The second-order valence-electron chi connectivity index (χ2n) is 2.64. The van der Waals surface area contributed by atoms with Crippen LogP contribution in [0.2, 0.25) is 0 Å². The third-order valence-corrected chi connectivity index (χ3v) is 2.73. The van der Waals surface area contributed by atoms with Crippen LogP contribution in [0.3, 0.4) is 0 Å². The van der Waals surface area contributed by atoms with Crippen molar-refractivity contribution in [2.24, 2.45) is 0 Å². The number of terminal acetylenes is 1. The topological polar surface area (TPSA) is 43.4 Å². The highest BCUT2D eigenvalue weighted by molar-refractivity contribution is 7.96. The Morgan fingerprint density at radius 1 is 1.19 bits per heavy atom. The van der Waals surface area contributed by atoms with Crippen molar-refractivity contribution < 1.29 is 26.3 Å². The monoisotopic (exact) mass is 250 g/mol. The largest absolute Gasteiger partial charge is 0.573 e. The Morgan fingerprint density at radius 2 is 1.69 bits per heavy atom. The van der Waals surface area contributed by atoms with Crippen LogP contribution in [0, 0.1) is 11.7 Å². The molecule has 0 aliphatic carbocycles. The van der Waals surface area contributed by atoms with E-state index in [1.165, 1.54) is 5.25 Å². The van der Waals surface area contributed by atoms with Crippen LogP contribution < -0.4 is 4.74 Å². The van der Waals surface area contributed by atoms with Gasteiger partial charge in [0.15, 0.2) is 0 Å². The Labute approximate surface area is 89.8 Å². The maximum absolute atomic E-state index is 11.8. The molecule has 0 fully saturated rings. The second kappa shape index (κ2) is 4.06. The number of ether oxygens (including phenoxy) is 1. The Kier molecular flexibility index (Phi) is 3.14. The molecule has 3 nitrogen and oxygen atoms in total. The van der Waals surface area contributed by atoms with Crippen LogP contribution in [0.5, 0.6) is 5.75 Å². The summed E-state index contributed by atoms with van der Waals surface area (Å²) in [5.41, 5.74) is 0. The average Bonchev–Trinajstić information content (AvgIpc) is 2.16. The smallest absolute Gasteiger partial charge is 0.406 e. The molecule has 16 heavy (non-hydrogen) atoms. The highest BCUT2D eigenvalue weighted by Gasteiger charge is 2.31. The first-order valence-corrected chi connectivity index (χ1v) is 5.31. The van der Waals surface area contributed by atoms with Gasteiger partial charge in [-0.1, -0.05) is 0 Å². The molecular weight excluding hydrogens is 245 g/mol. The van der Waals surface area contributed by atoms with Crippen LogP contribution in [0.15, 0.2) is 29.2 Å². The van der Waals surface area contributed by atoms with E-state index in [-0.39, 0.29) is 4.90 Å². The maximum Gasteiger partial charge on any atom is 0.573 e. The minimum atomic E-state index is -4.81. The number of hydrogen-bond donors (Lipinski definition) is 0. The third-order valence-electron chi connectivity index (χ3n) is 1.52. The van der Waals surface area contributed by atoms with Gasteiger partial charge in [-0.2, -0.15) is 0 Å². The van der Waals surface area contributed by atoms with Crippen molar-refractivity contribution in [3.8, 4) is 17.4 Å². The van der Waals surface area contributed by atoms with E-state index in [0.29, 0.717) is 0 Å². The van der Waals surface area contributed by atoms with Gasteiger partial charge in [-0.25, -0.2) is 8.42 Å². The van der Waals surface area contributed by atoms with Gasteiger partial charge in [0.05, 0.1) is 4.90 Å². The molecule has 1 aromatic rings. The third kappa shape index (κ3) is 3.17. The van der Waals surface area contributed by atoms with E-state index < -0.39 is 21.9 Å². The van der Waals surface area contributed by atoms with E-state index in [9.17, 15) is 21.6 Å². The summed E-state index contributed by atoms with van der Waals surface area (Å²) >= 11 is 0. The molecule has 0 spiro atoms. The minimum Gasteiger partial charge on any atom is -0.406 e. The zero-order valence-electron chi connectivity index (χ0n) is 7.65. The first-order chi connectivity index (χ1) is 7.24. The van der Waals surface area contributed by atoms with Gasteiger partial charge in [0, 0.05) is 5.25 Å². The molecule has 0 heterocycles. The summed E-state index contributed by atoms with van der Waals surface area (Å²) in [5.74, 6) is -0.511. The number of rotatable bonds is 2. The normalized spacial score (nSPS) is 11.9. The van der Waals surface area contributed by atoms with Crippen LogP contribution in [0.4, 0.5) is 13.2 Å². The van der Waals surface area contributed by atoms with E-state index in [1.54, 1.807) is 0 Å². The Hall–Kier alpha value is -1.68. The van der Waals surface area contributed by atoms with Crippen LogP contribution in [-0.4, -0.2) is 14.8 Å². The van der Waals surface area contributed by atoms with Gasteiger partial charge in [-0.15, -0.1) is 19.6 Å². The highest BCUT2D eigenvalue weighted by Crippen LogP contribution is 2.23. The van der Waals surface area contributed by atoms with Crippen LogP contribution in [0.25, 0.3) is 0 Å². The molecule has 0 aromatic heterocycles. The molecule has 1 rings (SSSR count). The van der Waals surface area contributed by atoms with Crippen molar-refractivity contribution in [2.45, 2.75) is 11.3 Å². The molecule has 0 unspecified atom stereocenters. The summed E-state index contributed by atoms with van der Waals surface area (Å²) in [7, 11) is -3.87. The molecule has 1 aromatic carbocycles. The molecule has 0 aliphatic rings. The Balaban J connectivity index is 2.98. The van der Waals surface area contributed by atoms with Gasteiger partial charge in [0.1, 0.15) is 5.75 Å². The summed E-state index contributed by atoms with van der Waals surface area (Å²) in [6, 6.07) is 3.63. The quantitative estimate of drug-likeness (QED) is 0.595. The molecular formula is C9H5F3O3S. The molecule has 0 saturated carbocycles. The molecule has 0 radical (unpaired) electrons. The highest BCUT2D eigenvalue weighted by atomic mass is 32.2. The number of halogens is 3. The molecule has 7 heteroatoms. The maximum atomic E-state index is 11.8. The number of sulfone groups is 1. The lowest BCUT2D eigenvalue weighted by Gasteiger charge is -2.08. The predicted octanol–water partition coefficient (Wildman–Crippen LogP) is 1.95. The standard InChI is InChI=1S/C9H5F3O3S/c1-2-16(13,14)8-5-3-7(4-6-8)15-9(10,11)12/h1,3-6H. The molecule has 0 atom stereocenters. The number of benzene rings is 1. The lowest BCUT2D eigenvalue weighted by atomic mass is 10.3. The first-order valence-electron chi connectivity index (χ1n) is 3.83. The predicted molar refractivity (Wildman–Crippen MR) is 49.1 cm³/mol. The average molecular weight is 250 g/mol. The number of alkyl halides is 3. The zero-order valence-corrected chi connectivity index (χ0v) is 8.47. The molecule has 0 bridgehead atoms. The Bertz CT molecular complexity index is 508. The van der Waals surface area contributed by atoms with Gasteiger partial charge >= 0.3 is 6.36 Å². The van der Waals surface area contributed by atoms with E-state index >= 15 is 0 Å². The van der Waals surface area contributed by atoms with Crippen LogP contribution in [0.1, 0.15) is 0 Å². The first kappa shape index (κ1) is 12.4. The molecule has 0 N–H and O–H groups in total. The van der Waals surface area contributed by atoms with Crippen molar-refractivity contribution in [3.05, 3.63) is 24.3 Å². The summed E-state index contributed by atoms with van der Waals surface area (Å²) in [6.07, 6.45) is -0.0841. The van der Waals surface area contributed by atoms with Gasteiger partial charge in [-0.05, 0) is 24.3 Å². The summed E-state index contributed by atoms with van der Waals surface area (Å²) in [5, 5.41) is 1.53. The summed E-state index contributed by atoms with van der Waals surface area (Å²) in [4.78, 5) is -0.260. The van der Waals surface area contributed by atoms with Gasteiger partial charge in [-0.3, -0.25) is 0 Å². The van der Waals surface area contributed by atoms with E-state index in [4.69, 9.17) is 6.42 Å². The second-order valence-corrected chi connectivity index (χ2v) is 4.35. The summed E-state index contributed by atoms with van der Waals surface area (Å²) in [6.45, 7) is 0. The molecule has 0 amide bonds. The molecule has 0 aliphatic heterocycles. The lowest BCUT2D eigenvalue weighted by Crippen LogP contribution is -2.17. The lowest BCUT2D eigenvalue weighted by molar-refractivity contribution is -0.274. The fourth-order valence-corrected chi connectivity index (χ4v) is 1.52. The SMILES string of the molecule is C#CS(=O)(=O)c1ccc(OC(F)(F)F)cc1. The Morgan fingerprint density at radius 3 is 2.06 bits per heavy atom. The molecule has 0 saturated heterocycles. The van der Waals surface area contributed by atoms with Crippen LogP contribution in [-0.2, 0) is 9.84 Å². The van der Waals surface area contributed by atoms with E-state index in [2.05, 4.69) is 4.74 Å². The van der Waals surface area contributed by atoms with E-state index in [0.717, 1.165) is 24.3 Å².